The van der Waals surface area contributed by atoms with Gasteiger partial charge in [0.2, 0.25) is 0 Å². The molecule has 1 atom stereocenters. The van der Waals surface area contributed by atoms with Gasteiger partial charge < -0.3 is 10.2 Å². The van der Waals surface area contributed by atoms with Crippen LogP contribution in [0.4, 0.5) is 8.78 Å². The van der Waals surface area contributed by atoms with E-state index < -0.39 is 11.6 Å². The number of likely N-dealkylation sites (N-methyl/N-ethyl adjacent to an activating group) is 2. The maximum Gasteiger partial charge on any atom is 0.163 e. The van der Waals surface area contributed by atoms with Crippen molar-refractivity contribution in [3.8, 4) is 0 Å². The monoisotopic (exact) mass is 296 g/mol. The maximum atomic E-state index is 14.3. The molecule has 1 aromatic rings. The predicted octanol–water partition coefficient (Wildman–Crippen LogP) is 3.88. The molecule has 0 spiro atoms. The van der Waals surface area contributed by atoms with E-state index in [4.69, 9.17) is 0 Å². The molecule has 0 heterocycles. The minimum absolute atomic E-state index is 0.150. The lowest BCUT2D eigenvalue weighted by molar-refractivity contribution is 0.0554. The summed E-state index contributed by atoms with van der Waals surface area (Å²) in [5.74, 6) is -1.48. The molecule has 4 heteroatoms. The van der Waals surface area contributed by atoms with E-state index in [1.54, 1.807) is 12.1 Å². The van der Waals surface area contributed by atoms with Crippen LogP contribution in [0.15, 0.2) is 18.2 Å². The number of hydrogen-bond acceptors (Lipinski definition) is 2. The fraction of sp³-hybridized carbons (Fsp3) is 0.647. The molecule has 1 aromatic carbocycles. The lowest BCUT2D eigenvalue weighted by Gasteiger charge is -2.49. The Morgan fingerprint density at radius 1 is 1.19 bits per heavy atom. The molecule has 2 nitrogen and oxygen atoms in total. The van der Waals surface area contributed by atoms with Gasteiger partial charge in [0.1, 0.15) is 0 Å². The van der Waals surface area contributed by atoms with Gasteiger partial charge in [-0.3, -0.25) is 0 Å². The second-order valence-electron chi connectivity index (χ2n) is 6.19. The summed E-state index contributed by atoms with van der Waals surface area (Å²) >= 11 is 0. The zero-order valence-electron chi connectivity index (χ0n) is 13.3. The third-order valence-corrected chi connectivity index (χ3v) is 4.85. The first-order valence-corrected chi connectivity index (χ1v) is 7.87. The number of nitrogens with zero attached hydrogens (tertiary/aromatic N) is 1. The molecule has 1 fully saturated rings. The minimum atomic E-state index is -0.764. The summed E-state index contributed by atoms with van der Waals surface area (Å²) in [6.45, 7) is 2.74. The number of halogens is 2. The number of nitrogens with one attached hydrogen (secondary N) is 1. The van der Waals surface area contributed by atoms with Gasteiger partial charge in [-0.05, 0) is 39.5 Å². The average molecular weight is 296 g/mol. The molecule has 0 amide bonds. The summed E-state index contributed by atoms with van der Waals surface area (Å²) in [6, 6.07) is 4.31. The lowest BCUT2D eigenvalue weighted by Crippen LogP contribution is -2.55. The molecule has 1 aliphatic carbocycles. The van der Waals surface area contributed by atoms with Crippen molar-refractivity contribution in [1.82, 2.24) is 10.2 Å². The molecule has 0 radical (unpaired) electrons. The molecule has 1 aliphatic rings. The summed E-state index contributed by atoms with van der Waals surface area (Å²) in [6.07, 6.45) is 5.51. The first kappa shape index (κ1) is 16.4. The highest BCUT2D eigenvalue weighted by atomic mass is 19.2. The van der Waals surface area contributed by atoms with Crippen molar-refractivity contribution in [1.29, 1.82) is 0 Å². The predicted molar refractivity (Wildman–Crippen MR) is 82.3 cm³/mol. The van der Waals surface area contributed by atoms with E-state index in [0.717, 1.165) is 32.2 Å². The Kier molecular flexibility index (Phi) is 5.33. The van der Waals surface area contributed by atoms with Crippen molar-refractivity contribution in [3.05, 3.63) is 35.4 Å². The smallest absolute Gasteiger partial charge is 0.163 e. The Hall–Kier alpha value is -1.00. The van der Waals surface area contributed by atoms with Crippen LogP contribution in [-0.4, -0.2) is 31.1 Å². The Morgan fingerprint density at radius 2 is 1.86 bits per heavy atom. The van der Waals surface area contributed by atoms with Crippen molar-refractivity contribution in [2.24, 2.45) is 0 Å². The van der Waals surface area contributed by atoms with Gasteiger partial charge in [-0.1, -0.05) is 38.3 Å². The highest BCUT2D eigenvalue weighted by Crippen LogP contribution is 2.42. The largest absolute Gasteiger partial charge is 0.309 e. The second kappa shape index (κ2) is 6.84. The highest BCUT2D eigenvalue weighted by molar-refractivity contribution is 5.27. The molecular formula is C17H26F2N2. The quantitative estimate of drug-likeness (QED) is 0.887. The third kappa shape index (κ3) is 3.11. The van der Waals surface area contributed by atoms with Gasteiger partial charge in [0.05, 0.1) is 6.04 Å². The Bertz CT molecular complexity index is 468. The molecule has 1 unspecified atom stereocenters. The molecule has 1 N–H and O–H groups in total. The van der Waals surface area contributed by atoms with E-state index in [0.29, 0.717) is 5.56 Å². The summed E-state index contributed by atoms with van der Waals surface area (Å²) in [4.78, 5) is 2.20. The number of hydrogen-bond donors (Lipinski definition) is 1. The Labute approximate surface area is 126 Å². The number of rotatable bonds is 5. The van der Waals surface area contributed by atoms with Crippen molar-refractivity contribution in [2.75, 3.05) is 20.6 Å². The topological polar surface area (TPSA) is 15.3 Å². The standard InChI is InChI=1S/C17H26F2N2/c1-4-20-16(13-9-8-10-14(18)15(13)19)17(21(2)3)11-6-5-7-12-17/h8-10,16,20H,4-7,11-12H2,1-3H3. The summed E-state index contributed by atoms with van der Waals surface area (Å²) in [5.41, 5.74) is 0.301. The van der Waals surface area contributed by atoms with Gasteiger partial charge in [0.15, 0.2) is 11.6 Å². The van der Waals surface area contributed by atoms with Crippen LogP contribution < -0.4 is 5.32 Å². The van der Waals surface area contributed by atoms with Crippen LogP contribution in [0.5, 0.6) is 0 Å². The molecule has 0 aromatic heterocycles. The Balaban J connectivity index is 2.47. The van der Waals surface area contributed by atoms with Gasteiger partial charge in [0.25, 0.3) is 0 Å². The van der Waals surface area contributed by atoms with Gasteiger partial charge in [0, 0.05) is 11.1 Å². The number of benzene rings is 1. The zero-order valence-corrected chi connectivity index (χ0v) is 13.3. The van der Waals surface area contributed by atoms with E-state index in [1.807, 2.05) is 21.0 Å². The van der Waals surface area contributed by atoms with Crippen LogP contribution in [0.1, 0.15) is 50.6 Å². The molecule has 2 rings (SSSR count). The molecular weight excluding hydrogens is 270 g/mol. The van der Waals surface area contributed by atoms with Crippen LogP contribution in [0.2, 0.25) is 0 Å². The van der Waals surface area contributed by atoms with E-state index in [2.05, 4.69) is 10.2 Å². The summed E-state index contributed by atoms with van der Waals surface area (Å²) < 4.78 is 28.0. The summed E-state index contributed by atoms with van der Waals surface area (Å²) in [5, 5.41) is 3.41. The molecule has 118 valence electrons. The molecule has 0 saturated heterocycles. The normalized spacial score (nSPS) is 19.7. The van der Waals surface area contributed by atoms with Crippen LogP contribution in [0, 0.1) is 11.6 Å². The fourth-order valence-corrected chi connectivity index (χ4v) is 3.70. The van der Waals surface area contributed by atoms with E-state index >= 15 is 0 Å². The van der Waals surface area contributed by atoms with E-state index in [9.17, 15) is 8.78 Å². The maximum absolute atomic E-state index is 14.3. The highest BCUT2D eigenvalue weighted by Gasteiger charge is 2.43. The van der Waals surface area contributed by atoms with Gasteiger partial charge in [-0.15, -0.1) is 0 Å². The van der Waals surface area contributed by atoms with E-state index in [1.165, 1.54) is 12.5 Å². The first-order chi connectivity index (χ1) is 10.0. The third-order valence-electron chi connectivity index (χ3n) is 4.85. The second-order valence-corrected chi connectivity index (χ2v) is 6.19. The van der Waals surface area contributed by atoms with Crippen molar-refractivity contribution < 1.29 is 8.78 Å². The molecule has 0 aliphatic heterocycles. The van der Waals surface area contributed by atoms with Crippen molar-refractivity contribution in [2.45, 2.75) is 50.6 Å². The summed E-state index contributed by atoms with van der Waals surface area (Å²) in [7, 11) is 4.10. The van der Waals surface area contributed by atoms with Crippen LogP contribution in [0.3, 0.4) is 0 Å². The lowest BCUT2D eigenvalue weighted by atomic mass is 9.73. The SMILES string of the molecule is CCNC(c1cccc(F)c1F)C1(N(C)C)CCCCC1. The fourth-order valence-electron chi connectivity index (χ4n) is 3.70. The van der Waals surface area contributed by atoms with Gasteiger partial charge >= 0.3 is 0 Å². The van der Waals surface area contributed by atoms with Crippen LogP contribution in [0.25, 0.3) is 0 Å². The van der Waals surface area contributed by atoms with Crippen molar-refractivity contribution >= 4 is 0 Å². The molecule has 1 saturated carbocycles. The molecule has 0 bridgehead atoms. The van der Waals surface area contributed by atoms with Crippen molar-refractivity contribution in [3.63, 3.8) is 0 Å². The van der Waals surface area contributed by atoms with Crippen LogP contribution in [-0.2, 0) is 0 Å². The van der Waals surface area contributed by atoms with E-state index in [-0.39, 0.29) is 11.6 Å². The van der Waals surface area contributed by atoms with Gasteiger partial charge in [-0.2, -0.15) is 0 Å². The Morgan fingerprint density at radius 3 is 2.43 bits per heavy atom. The minimum Gasteiger partial charge on any atom is -0.309 e. The molecule has 21 heavy (non-hydrogen) atoms. The van der Waals surface area contributed by atoms with Gasteiger partial charge in [-0.25, -0.2) is 8.78 Å². The zero-order chi connectivity index (χ0) is 15.5. The van der Waals surface area contributed by atoms with Crippen LogP contribution >= 0.6 is 0 Å². The first-order valence-electron chi connectivity index (χ1n) is 7.87. The average Bonchev–Trinajstić information content (AvgIpc) is 2.48.